The molecule has 1 aromatic heterocycles. The van der Waals surface area contributed by atoms with Gasteiger partial charge < -0.3 is 14.9 Å². The molecule has 10 nitrogen and oxygen atoms in total. The summed E-state index contributed by atoms with van der Waals surface area (Å²) in [5.41, 5.74) is 3.10. The second-order valence-electron chi connectivity index (χ2n) is 4.68. The van der Waals surface area contributed by atoms with E-state index < -0.39 is 29.3 Å². The summed E-state index contributed by atoms with van der Waals surface area (Å²) >= 11 is 0. The summed E-state index contributed by atoms with van der Waals surface area (Å²) in [6, 6.07) is 0. The van der Waals surface area contributed by atoms with Gasteiger partial charge in [-0.1, -0.05) is 0 Å². The zero-order valence-corrected chi connectivity index (χ0v) is 11.0. The van der Waals surface area contributed by atoms with Gasteiger partial charge in [0, 0.05) is 0 Å². The number of nitrogens with one attached hydrogen (secondary N) is 2. The van der Waals surface area contributed by atoms with Crippen molar-refractivity contribution in [2.45, 2.75) is 26.4 Å². The topological polar surface area (TPSA) is 143 Å². The lowest BCUT2D eigenvalue weighted by molar-refractivity contribution is 0.0539. The largest absolute Gasteiger partial charge is 0.477 e. The van der Waals surface area contributed by atoms with Crippen LogP contribution in [0.15, 0.2) is 6.20 Å². The second-order valence-corrected chi connectivity index (χ2v) is 4.68. The van der Waals surface area contributed by atoms with Crippen LogP contribution in [0.3, 0.4) is 0 Å². The molecule has 20 heavy (non-hydrogen) atoms. The number of carbonyl (C=O) groups is 3. The average Bonchev–Trinajstić information content (AvgIpc) is 2.68. The number of carboxylic acid groups (broad SMARTS) is 2. The fourth-order valence-electron chi connectivity index (χ4n) is 1.13. The van der Waals surface area contributed by atoms with Gasteiger partial charge in [0.2, 0.25) is 0 Å². The number of anilines is 1. The summed E-state index contributed by atoms with van der Waals surface area (Å²) in [7, 11) is 0. The summed E-state index contributed by atoms with van der Waals surface area (Å²) in [6.07, 6.45) is -1.53. The normalized spacial score (nSPS) is 10.8. The Hall–Kier alpha value is -2.78. The zero-order chi connectivity index (χ0) is 15.5. The molecule has 1 heterocycles. The number of carboxylic acids is 1. The van der Waals surface area contributed by atoms with Crippen molar-refractivity contribution in [2.75, 3.05) is 5.43 Å². The molecular weight excluding hydrogens is 272 g/mol. The Bertz CT molecular complexity index is 544. The molecule has 1 rings (SSSR count). The Morgan fingerprint density at radius 3 is 2.35 bits per heavy atom. The average molecular weight is 286 g/mol. The van der Waals surface area contributed by atoms with E-state index in [-0.39, 0.29) is 5.82 Å². The molecule has 0 bridgehead atoms. The fourth-order valence-corrected chi connectivity index (χ4v) is 1.13. The van der Waals surface area contributed by atoms with Gasteiger partial charge in [-0.3, -0.25) is 5.43 Å². The van der Waals surface area contributed by atoms with Gasteiger partial charge in [0.05, 0.1) is 6.20 Å². The lowest BCUT2D eigenvalue weighted by atomic mass is 10.2. The Morgan fingerprint density at radius 1 is 1.30 bits per heavy atom. The molecule has 4 N–H and O–H groups in total. The first-order valence-electron chi connectivity index (χ1n) is 5.41. The van der Waals surface area contributed by atoms with Crippen molar-refractivity contribution >= 4 is 24.0 Å². The fraction of sp³-hybridized carbons (Fsp3) is 0.400. The number of carbonyl (C=O) groups excluding carboxylic acids is 1. The smallest absolute Gasteiger partial charge is 0.432 e. The molecule has 0 radical (unpaired) electrons. The molecule has 1 aromatic rings. The van der Waals surface area contributed by atoms with Crippen LogP contribution in [0.1, 0.15) is 31.1 Å². The maximum atomic E-state index is 11.4. The van der Waals surface area contributed by atoms with E-state index in [0.29, 0.717) is 4.68 Å². The van der Waals surface area contributed by atoms with E-state index in [2.05, 4.69) is 16.0 Å². The van der Waals surface area contributed by atoms with Gasteiger partial charge in [-0.25, -0.2) is 19.8 Å². The van der Waals surface area contributed by atoms with Crippen LogP contribution < -0.4 is 10.9 Å². The lowest BCUT2D eigenvalue weighted by Crippen LogP contribution is -2.36. The molecular formula is C10H14N4O6. The maximum absolute atomic E-state index is 11.4. The van der Waals surface area contributed by atoms with E-state index in [0.717, 1.165) is 6.20 Å². The SMILES string of the molecule is CC(C)(C)OC(=O)NNc1nn(C(=O)O)cc1C(=O)O. The van der Waals surface area contributed by atoms with E-state index in [1.54, 1.807) is 20.8 Å². The van der Waals surface area contributed by atoms with Crippen LogP contribution in [-0.4, -0.2) is 43.8 Å². The molecule has 0 atom stereocenters. The number of hydrazine groups is 1. The van der Waals surface area contributed by atoms with Crippen LogP contribution in [0, 0.1) is 0 Å². The summed E-state index contributed by atoms with van der Waals surface area (Å²) in [6.45, 7) is 4.94. The first-order valence-corrected chi connectivity index (χ1v) is 5.41. The van der Waals surface area contributed by atoms with Crippen molar-refractivity contribution in [1.29, 1.82) is 0 Å². The Morgan fingerprint density at radius 2 is 1.90 bits per heavy atom. The molecule has 0 aromatic carbocycles. The van der Waals surface area contributed by atoms with Crippen LogP contribution in [-0.2, 0) is 4.74 Å². The number of rotatable bonds is 3. The highest BCUT2D eigenvalue weighted by molar-refractivity contribution is 5.94. The number of hydrogen-bond donors (Lipinski definition) is 4. The van der Waals surface area contributed by atoms with Crippen LogP contribution in [0.2, 0.25) is 0 Å². The van der Waals surface area contributed by atoms with E-state index in [4.69, 9.17) is 14.9 Å². The van der Waals surface area contributed by atoms with E-state index in [9.17, 15) is 14.4 Å². The van der Waals surface area contributed by atoms with E-state index >= 15 is 0 Å². The van der Waals surface area contributed by atoms with Crippen molar-refractivity contribution in [1.82, 2.24) is 15.2 Å². The summed E-state index contributed by atoms with van der Waals surface area (Å²) < 4.78 is 5.31. The molecule has 0 fully saturated rings. The highest BCUT2D eigenvalue weighted by Crippen LogP contribution is 2.12. The predicted octanol–water partition coefficient (Wildman–Crippen LogP) is 0.959. The van der Waals surface area contributed by atoms with Crippen molar-refractivity contribution < 1.29 is 29.3 Å². The summed E-state index contributed by atoms with van der Waals surface area (Å²) in [5, 5.41) is 21.0. The predicted molar refractivity (Wildman–Crippen MR) is 65.6 cm³/mol. The minimum atomic E-state index is -1.46. The maximum Gasteiger partial charge on any atom is 0.432 e. The van der Waals surface area contributed by atoms with Gasteiger partial charge in [-0.2, -0.15) is 4.68 Å². The minimum Gasteiger partial charge on any atom is -0.477 e. The molecule has 0 aliphatic rings. The van der Waals surface area contributed by atoms with Gasteiger partial charge >= 0.3 is 18.2 Å². The molecule has 0 aliphatic carbocycles. The first kappa shape index (κ1) is 15.3. The second kappa shape index (κ2) is 5.47. The zero-order valence-electron chi connectivity index (χ0n) is 11.0. The van der Waals surface area contributed by atoms with Gasteiger partial charge in [0.25, 0.3) is 0 Å². The highest BCUT2D eigenvalue weighted by Gasteiger charge is 2.20. The molecule has 0 saturated carbocycles. The molecule has 0 aliphatic heterocycles. The van der Waals surface area contributed by atoms with Crippen molar-refractivity contribution in [3.8, 4) is 0 Å². The number of nitrogens with zero attached hydrogens (tertiary/aromatic N) is 2. The van der Waals surface area contributed by atoms with Crippen molar-refractivity contribution in [3.05, 3.63) is 11.8 Å². The van der Waals surface area contributed by atoms with Gasteiger partial charge in [0.15, 0.2) is 5.82 Å². The molecule has 0 spiro atoms. The standard InChI is InChI=1S/C10H14N4O6/c1-10(2,3)20-8(17)12-11-6-5(7(15)16)4-14(13-6)9(18)19/h4H,1-3H3,(H,11,13)(H,12,17)(H,15,16)(H,18,19). The third-order valence-corrected chi connectivity index (χ3v) is 1.82. The summed E-state index contributed by atoms with van der Waals surface area (Å²) in [4.78, 5) is 32.9. The van der Waals surface area contributed by atoms with Gasteiger partial charge in [-0.15, -0.1) is 5.10 Å². The first-order chi connectivity index (χ1) is 9.10. The quantitative estimate of drug-likeness (QED) is 0.601. The minimum absolute atomic E-state index is 0.328. The van der Waals surface area contributed by atoms with Crippen LogP contribution >= 0.6 is 0 Å². The van der Waals surface area contributed by atoms with Crippen LogP contribution in [0.5, 0.6) is 0 Å². The van der Waals surface area contributed by atoms with Gasteiger partial charge in [0.1, 0.15) is 11.2 Å². The van der Waals surface area contributed by atoms with E-state index in [1.807, 2.05) is 0 Å². The number of hydrogen-bond acceptors (Lipinski definition) is 6. The van der Waals surface area contributed by atoms with Crippen molar-refractivity contribution in [3.63, 3.8) is 0 Å². The Balaban J connectivity index is 2.79. The lowest BCUT2D eigenvalue weighted by Gasteiger charge is -2.19. The Kier molecular flexibility index (Phi) is 4.17. The number of aromatic nitrogens is 2. The number of aromatic carboxylic acids is 1. The van der Waals surface area contributed by atoms with Crippen LogP contribution in [0.4, 0.5) is 15.4 Å². The number of ether oxygens (including phenoxy) is 1. The van der Waals surface area contributed by atoms with Crippen molar-refractivity contribution in [2.24, 2.45) is 0 Å². The van der Waals surface area contributed by atoms with E-state index in [1.165, 1.54) is 0 Å². The Labute approximate surface area is 113 Å². The highest BCUT2D eigenvalue weighted by atomic mass is 16.6. The van der Waals surface area contributed by atoms with Gasteiger partial charge in [-0.05, 0) is 20.8 Å². The molecule has 1 amide bonds. The number of amides is 1. The summed E-state index contributed by atoms with van der Waals surface area (Å²) in [5.74, 6) is -1.73. The monoisotopic (exact) mass is 286 g/mol. The van der Waals surface area contributed by atoms with Crippen LogP contribution in [0.25, 0.3) is 0 Å². The third-order valence-electron chi connectivity index (χ3n) is 1.82. The molecule has 110 valence electrons. The molecule has 10 heteroatoms. The molecule has 0 saturated heterocycles. The molecule has 0 unspecified atom stereocenters. The third kappa shape index (κ3) is 4.15.